The molecule has 0 aliphatic heterocycles. The predicted molar refractivity (Wildman–Crippen MR) is 116 cm³/mol. The summed E-state index contributed by atoms with van der Waals surface area (Å²) in [5.74, 6) is 0.427. The van der Waals surface area contributed by atoms with Gasteiger partial charge in [0.25, 0.3) is 5.91 Å². The Bertz CT molecular complexity index is 928. The lowest BCUT2D eigenvalue weighted by Crippen LogP contribution is -2.27. The molecule has 0 bridgehead atoms. The first-order valence-electron chi connectivity index (χ1n) is 9.15. The minimum Gasteiger partial charge on any atom is -0.352 e. The van der Waals surface area contributed by atoms with Crippen LogP contribution in [0.4, 0.5) is 0 Å². The maximum absolute atomic E-state index is 12.1. The van der Waals surface area contributed by atoms with E-state index in [1.807, 2.05) is 36.4 Å². The minimum absolute atomic E-state index is 0.0174. The second-order valence-electron chi connectivity index (χ2n) is 7.22. The number of hydrogen-bond acceptors (Lipinski definition) is 2. The number of carbonyl (C=O) groups excluding carboxylic acids is 1. The zero-order valence-corrected chi connectivity index (χ0v) is 17.5. The second kappa shape index (κ2) is 8.73. The van der Waals surface area contributed by atoms with Crippen molar-refractivity contribution < 1.29 is 4.79 Å². The minimum atomic E-state index is -0.0174. The van der Waals surface area contributed by atoms with Gasteiger partial charge in [-0.2, -0.15) is 0 Å². The van der Waals surface area contributed by atoms with Crippen molar-refractivity contribution in [3.05, 3.63) is 81.2 Å². The van der Waals surface area contributed by atoms with Crippen LogP contribution in [0.2, 0.25) is 5.02 Å². The largest absolute Gasteiger partial charge is 0.352 e. The van der Waals surface area contributed by atoms with Crippen LogP contribution in [0, 0.1) is 12.8 Å². The van der Waals surface area contributed by atoms with Gasteiger partial charge in [0, 0.05) is 33.3 Å². The van der Waals surface area contributed by atoms with E-state index in [-0.39, 0.29) is 5.91 Å². The van der Waals surface area contributed by atoms with E-state index in [0.29, 0.717) is 18.0 Å². The fraction of sp³-hybridized carbons (Fsp3) is 0.261. The topological polar surface area (TPSA) is 29.1 Å². The van der Waals surface area contributed by atoms with Crippen LogP contribution in [-0.4, -0.2) is 12.5 Å². The highest BCUT2D eigenvalue weighted by Crippen LogP contribution is 2.31. The van der Waals surface area contributed by atoms with Crippen molar-refractivity contribution >= 4 is 28.8 Å². The Kier molecular flexibility index (Phi) is 6.35. The molecule has 0 atom stereocenters. The molecule has 1 N–H and O–H groups in total. The first kappa shape index (κ1) is 19.7. The quantitative estimate of drug-likeness (QED) is 0.515. The van der Waals surface area contributed by atoms with Gasteiger partial charge in [0.15, 0.2) is 0 Å². The average Bonchev–Trinajstić information content (AvgIpc) is 3.11. The summed E-state index contributed by atoms with van der Waals surface area (Å²) < 4.78 is 0. The smallest absolute Gasteiger partial charge is 0.251 e. The van der Waals surface area contributed by atoms with Gasteiger partial charge in [0.2, 0.25) is 0 Å². The van der Waals surface area contributed by atoms with Crippen LogP contribution in [0.1, 0.15) is 40.2 Å². The molecule has 0 fully saturated rings. The molecule has 4 heteroatoms. The molecule has 1 heterocycles. The Morgan fingerprint density at radius 3 is 2.52 bits per heavy atom. The molecule has 2 aromatic carbocycles. The SMILES string of the molecule is Cc1ccc(Cl)c(Cc2ccc(-c3ccc(C(=O)NCC(C)C)cc3)s2)c1. The summed E-state index contributed by atoms with van der Waals surface area (Å²) in [5.41, 5.74) is 4.20. The number of nitrogens with one attached hydrogen (secondary N) is 1. The van der Waals surface area contributed by atoms with Gasteiger partial charge in [0.1, 0.15) is 0 Å². The molecule has 0 radical (unpaired) electrons. The summed E-state index contributed by atoms with van der Waals surface area (Å²) in [6.07, 6.45) is 0.834. The normalized spacial score (nSPS) is 11.0. The van der Waals surface area contributed by atoms with Crippen LogP contribution in [0.3, 0.4) is 0 Å². The zero-order valence-electron chi connectivity index (χ0n) is 15.9. The van der Waals surface area contributed by atoms with Crippen molar-refractivity contribution in [3.8, 4) is 10.4 Å². The van der Waals surface area contributed by atoms with Gasteiger partial charge in [-0.05, 0) is 54.3 Å². The number of thiophene rings is 1. The molecule has 1 amide bonds. The number of benzene rings is 2. The number of hydrogen-bond donors (Lipinski definition) is 1. The zero-order chi connectivity index (χ0) is 19.4. The Balaban J connectivity index is 1.71. The van der Waals surface area contributed by atoms with E-state index in [4.69, 9.17) is 11.6 Å². The van der Waals surface area contributed by atoms with Crippen molar-refractivity contribution in [1.29, 1.82) is 0 Å². The Hall–Kier alpha value is -2.10. The molecule has 0 saturated heterocycles. The van der Waals surface area contributed by atoms with Crippen molar-refractivity contribution in [3.63, 3.8) is 0 Å². The van der Waals surface area contributed by atoms with Crippen molar-refractivity contribution in [2.75, 3.05) is 6.54 Å². The maximum atomic E-state index is 12.1. The van der Waals surface area contributed by atoms with E-state index in [0.717, 1.165) is 22.6 Å². The van der Waals surface area contributed by atoms with Crippen LogP contribution in [-0.2, 0) is 6.42 Å². The fourth-order valence-corrected chi connectivity index (χ4v) is 4.06. The summed E-state index contributed by atoms with van der Waals surface area (Å²) in [6.45, 7) is 6.94. The molecule has 0 saturated carbocycles. The highest BCUT2D eigenvalue weighted by molar-refractivity contribution is 7.15. The highest BCUT2D eigenvalue weighted by atomic mass is 35.5. The second-order valence-corrected chi connectivity index (χ2v) is 8.79. The first-order valence-corrected chi connectivity index (χ1v) is 10.3. The van der Waals surface area contributed by atoms with Gasteiger partial charge in [-0.25, -0.2) is 0 Å². The molecule has 1 aromatic heterocycles. The number of rotatable bonds is 6. The van der Waals surface area contributed by atoms with Crippen molar-refractivity contribution in [2.45, 2.75) is 27.2 Å². The summed E-state index contributed by atoms with van der Waals surface area (Å²) >= 11 is 8.09. The fourth-order valence-electron chi connectivity index (χ4n) is 2.84. The van der Waals surface area contributed by atoms with Crippen LogP contribution in [0.15, 0.2) is 54.6 Å². The molecular formula is C23H24ClNOS. The third-order valence-electron chi connectivity index (χ3n) is 4.33. The van der Waals surface area contributed by atoms with Crippen molar-refractivity contribution in [1.82, 2.24) is 5.32 Å². The van der Waals surface area contributed by atoms with E-state index < -0.39 is 0 Å². The monoisotopic (exact) mass is 397 g/mol. The van der Waals surface area contributed by atoms with Gasteiger partial charge in [-0.15, -0.1) is 11.3 Å². The number of amides is 1. The predicted octanol–water partition coefficient (Wildman–Crippen LogP) is 6.35. The Labute approximate surface area is 170 Å². The van der Waals surface area contributed by atoms with E-state index in [9.17, 15) is 4.79 Å². The first-order chi connectivity index (χ1) is 12.9. The molecule has 140 valence electrons. The van der Waals surface area contributed by atoms with Crippen molar-refractivity contribution in [2.24, 2.45) is 5.92 Å². The number of carbonyl (C=O) groups is 1. The average molecular weight is 398 g/mol. The van der Waals surface area contributed by atoms with E-state index in [2.05, 4.69) is 44.3 Å². The van der Waals surface area contributed by atoms with E-state index >= 15 is 0 Å². The van der Waals surface area contributed by atoms with Gasteiger partial charge < -0.3 is 5.32 Å². The molecule has 3 aromatic rings. The maximum Gasteiger partial charge on any atom is 0.251 e. The molecule has 3 rings (SSSR count). The van der Waals surface area contributed by atoms with E-state index in [1.54, 1.807) is 11.3 Å². The number of halogens is 1. The third kappa shape index (κ3) is 5.21. The summed E-state index contributed by atoms with van der Waals surface area (Å²) in [7, 11) is 0. The standard InChI is InChI=1S/C23H24ClNOS/c1-15(2)14-25-23(26)18-7-5-17(6-8-18)22-11-9-20(27-22)13-19-12-16(3)4-10-21(19)24/h4-12,15H,13-14H2,1-3H3,(H,25,26). The van der Waals surface area contributed by atoms with Crippen LogP contribution in [0.5, 0.6) is 0 Å². The van der Waals surface area contributed by atoms with Gasteiger partial charge in [-0.1, -0.05) is 55.3 Å². The van der Waals surface area contributed by atoms with E-state index in [1.165, 1.54) is 15.3 Å². The summed E-state index contributed by atoms with van der Waals surface area (Å²) in [5, 5.41) is 3.76. The molecule has 27 heavy (non-hydrogen) atoms. The third-order valence-corrected chi connectivity index (χ3v) is 5.83. The molecule has 0 aliphatic carbocycles. The van der Waals surface area contributed by atoms with Crippen LogP contribution in [0.25, 0.3) is 10.4 Å². The molecule has 0 spiro atoms. The molecule has 0 unspecified atom stereocenters. The lowest BCUT2D eigenvalue weighted by Gasteiger charge is -2.08. The Morgan fingerprint density at radius 1 is 1.07 bits per heavy atom. The highest BCUT2D eigenvalue weighted by Gasteiger charge is 2.09. The summed E-state index contributed by atoms with van der Waals surface area (Å²) in [6, 6.07) is 18.2. The molecular weight excluding hydrogens is 374 g/mol. The van der Waals surface area contributed by atoms with Gasteiger partial charge >= 0.3 is 0 Å². The lowest BCUT2D eigenvalue weighted by atomic mass is 10.1. The Morgan fingerprint density at radius 2 is 1.81 bits per heavy atom. The molecule has 2 nitrogen and oxygen atoms in total. The van der Waals surface area contributed by atoms with Gasteiger partial charge in [0.05, 0.1) is 0 Å². The summed E-state index contributed by atoms with van der Waals surface area (Å²) in [4.78, 5) is 14.6. The number of aryl methyl sites for hydroxylation is 1. The lowest BCUT2D eigenvalue weighted by molar-refractivity contribution is 0.0949. The van der Waals surface area contributed by atoms with Crippen LogP contribution >= 0.6 is 22.9 Å². The van der Waals surface area contributed by atoms with Gasteiger partial charge in [-0.3, -0.25) is 4.79 Å². The molecule has 0 aliphatic rings. The van der Waals surface area contributed by atoms with Crippen LogP contribution < -0.4 is 5.32 Å².